The van der Waals surface area contributed by atoms with Gasteiger partial charge in [0.15, 0.2) is 0 Å². The van der Waals surface area contributed by atoms with E-state index < -0.39 is 0 Å². The molecule has 0 radical (unpaired) electrons. The van der Waals surface area contributed by atoms with E-state index in [2.05, 4.69) is 34.9 Å². The Hall–Kier alpha value is -2.29. The van der Waals surface area contributed by atoms with Gasteiger partial charge in [-0.2, -0.15) is 0 Å². The third-order valence-electron chi connectivity index (χ3n) is 4.32. The van der Waals surface area contributed by atoms with Gasteiger partial charge in [-0.15, -0.1) is 0 Å². The van der Waals surface area contributed by atoms with Crippen molar-refractivity contribution in [2.24, 2.45) is 0 Å². The van der Waals surface area contributed by atoms with Crippen molar-refractivity contribution in [3.05, 3.63) is 64.7 Å². The summed E-state index contributed by atoms with van der Waals surface area (Å²) in [5, 5.41) is 6.10. The van der Waals surface area contributed by atoms with Crippen molar-refractivity contribution >= 4 is 11.7 Å². The van der Waals surface area contributed by atoms with Crippen molar-refractivity contribution in [2.75, 3.05) is 5.32 Å². The summed E-state index contributed by atoms with van der Waals surface area (Å²) in [7, 11) is 0. The maximum absolute atomic E-state index is 12.3. The number of rotatable bonds is 2. The molecular weight excluding hydrogens is 272 g/mol. The lowest BCUT2D eigenvalue weighted by molar-refractivity contribution is 0.247. The molecule has 3 nitrogen and oxygen atoms in total. The van der Waals surface area contributed by atoms with Crippen LogP contribution in [0.5, 0.6) is 0 Å². The predicted molar refractivity (Wildman–Crippen MR) is 90.2 cm³/mol. The maximum Gasteiger partial charge on any atom is 0.319 e. The van der Waals surface area contributed by atoms with Crippen LogP contribution in [-0.2, 0) is 6.42 Å². The molecule has 0 aromatic heterocycles. The van der Waals surface area contributed by atoms with Gasteiger partial charge in [0, 0.05) is 5.69 Å². The standard InChI is InChI=1S/C19H22N2O/c1-13-10-11-14(2)18(12-13)21-19(22)20-17-9-5-7-15-6-3-4-8-16(15)17/h3-4,6,8,10-12,17H,5,7,9H2,1-2H3,(H2,20,21,22)/t17-/m1/s1. The molecule has 0 heterocycles. The van der Waals surface area contributed by atoms with E-state index in [-0.39, 0.29) is 12.1 Å². The monoisotopic (exact) mass is 294 g/mol. The average Bonchev–Trinajstić information content (AvgIpc) is 2.51. The second kappa shape index (κ2) is 6.22. The molecule has 0 bridgehead atoms. The number of aryl methyl sites for hydroxylation is 3. The number of amides is 2. The molecule has 2 aromatic rings. The molecule has 0 aliphatic heterocycles. The van der Waals surface area contributed by atoms with E-state index in [1.165, 1.54) is 11.1 Å². The van der Waals surface area contributed by atoms with Crippen molar-refractivity contribution in [3.63, 3.8) is 0 Å². The quantitative estimate of drug-likeness (QED) is 0.841. The lowest BCUT2D eigenvalue weighted by atomic mass is 9.88. The third-order valence-corrected chi connectivity index (χ3v) is 4.32. The minimum absolute atomic E-state index is 0.107. The van der Waals surface area contributed by atoms with Crippen molar-refractivity contribution in [1.29, 1.82) is 0 Å². The number of carbonyl (C=O) groups excluding carboxylic acids is 1. The Bertz CT molecular complexity index is 694. The number of urea groups is 1. The highest BCUT2D eigenvalue weighted by Gasteiger charge is 2.21. The molecule has 2 amide bonds. The molecule has 0 unspecified atom stereocenters. The van der Waals surface area contributed by atoms with Crippen LogP contribution < -0.4 is 10.6 Å². The Morgan fingerprint density at radius 2 is 1.95 bits per heavy atom. The molecule has 1 aliphatic rings. The van der Waals surface area contributed by atoms with Gasteiger partial charge in [0.2, 0.25) is 0 Å². The summed E-state index contributed by atoms with van der Waals surface area (Å²) < 4.78 is 0. The minimum atomic E-state index is -0.129. The van der Waals surface area contributed by atoms with E-state index in [0.717, 1.165) is 36.1 Å². The predicted octanol–water partition coefficient (Wildman–Crippen LogP) is 4.50. The van der Waals surface area contributed by atoms with Gasteiger partial charge < -0.3 is 10.6 Å². The lowest BCUT2D eigenvalue weighted by Gasteiger charge is -2.26. The summed E-state index contributed by atoms with van der Waals surface area (Å²) in [6.45, 7) is 4.03. The van der Waals surface area contributed by atoms with Crippen LogP contribution >= 0.6 is 0 Å². The van der Waals surface area contributed by atoms with Crippen molar-refractivity contribution in [1.82, 2.24) is 5.32 Å². The highest BCUT2D eigenvalue weighted by atomic mass is 16.2. The topological polar surface area (TPSA) is 41.1 Å². The first-order valence-electron chi connectivity index (χ1n) is 7.86. The molecule has 1 atom stereocenters. The normalized spacial score (nSPS) is 16.7. The summed E-state index contributed by atoms with van der Waals surface area (Å²) in [6.07, 6.45) is 3.22. The molecule has 3 heteroatoms. The van der Waals surface area contributed by atoms with Gasteiger partial charge in [-0.05, 0) is 61.4 Å². The van der Waals surface area contributed by atoms with E-state index in [9.17, 15) is 4.79 Å². The maximum atomic E-state index is 12.3. The molecule has 114 valence electrons. The van der Waals surface area contributed by atoms with Gasteiger partial charge in [-0.25, -0.2) is 4.79 Å². The second-order valence-corrected chi connectivity index (χ2v) is 6.06. The number of anilines is 1. The van der Waals surface area contributed by atoms with E-state index in [0.29, 0.717) is 0 Å². The number of benzene rings is 2. The summed E-state index contributed by atoms with van der Waals surface area (Å²) in [5.74, 6) is 0. The van der Waals surface area contributed by atoms with Crippen LogP contribution in [0.2, 0.25) is 0 Å². The number of hydrogen-bond donors (Lipinski definition) is 2. The zero-order chi connectivity index (χ0) is 15.5. The van der Waals surface area contributed by atoms with Crippen LogP contribution in [-0.4, -0.2) is 6.03 Å². The number of nitrogens with one attached hydrogen (secondary N) is 2. The molecule has 2 N–H and O–H groups in total. The minimum Gasteiger partial charge on any atom is -0.331 e. The summed E-state index contributed by atoms with van der Waals surface area (Å²) in [6, 6.07) is 14.5. The van der Waals surface area contributed by atoms with E-state index >= 15 is 0 Å². The molecule has 0 fully saturated rings. The van der Waals surface area contributed by atoms with Gasteiger partial charge in [-0.3, -0.25) is 0 Å². The Kier molecular flexibility index (Phi) is 4.14. The fourth-order valence-electron chi connectivity index (χ4n) is 3.09. The summed E-state index contributed by atoms with van der Waals surface area (Å²) in [5.41, 5.74) is 5.70. The molecule has 22 heavy (non-hydrogen) atoms. The van der Waals surface area contributed by atoms with Gasteiger partial charge in [0.25, 0.3) is 0 Å². The van der Waals surface area contributed by atoms with Crippen LogP contribution in [0.3, 0.4) is 0 Å². The highest BCUT2D eigenvalue weighted by molar-refractivity contribution is 5.90. The van der Waals surface area contributed by atoms with Gasteiger partial charge in [-0.1, -0.05) is 36.4 Å². The molecule has 2 aromatic carbocycles. The molecule has 1 aliphatic carbocycles. The summed E-state index contributed by atoms with van der Waals surface area (Å²) in [4.78, 5) is 12.3. The SMILES string of the molecule is Cc1ccc(C)c(NC(=O)N[C@@H]2CCCc3ccccc32)c1. The zero-order valence-electron chi connectivity index (χ0n) is 13.1. The van der Waals surface area contributed by atoms with Crippen molar-refractivity contribution in [3.8, 4) is 0 Å². The zero-order valence-corrected chi connectivity index (χ0v) is 13.1. The number of fused-ring (bicyclic) bond motifs is 1. The van der Waals surface area contributed by atoms with Gasteiger partial charge >= 0.3 is 6.03 Å². The molecule has 3 rings (SSSR count). The van der Waals surface area contributed by atoms with E-state index in [4.69, 9.17) is 0 Å². The van der Waals surface area contributed by atoms with Crippen molar-refractivity contribution < 1.29 is 4.79 Å². The average molecular weight is 294 g/mol. The largest absolute Gasteiger partial charge is 0.331 e. The van der Waals surface area contributed by atoms with Crippen molar-refractivity contribution in [2.45, 2.75) is 39.2 Å². The first-order valence-corrected chi connectivity index (χ1v) is 7.86. The smallest absolute Gasteiger partial charge is 0.319 e. The van der Waals surface area contributed by atoms with Crippen LogP contribution in [0.4, 0.5) is 10.5 Å². The summed E-state index contributed by atoms with van der Waals surface area (Å²) >= 11 is 0. The Morgan fingerprint density at radius 3 is 2.82 bits per heavy atom. The molecular formula is C19H22N2O. The fraction of sp³-hybridized carbons (Fsp3) is 0.316. The number of hydrogen-bond acceptors (Lipinski definition) is 1. The first kappa shape index (κ1) is 14.6. The Labute approximate surface area is 131 Å². The van der Waals surface area contributed by atoms with E-state index in [1.807, 2.05) is 32.0 Å². The van der Waals surface area contributed by atoms with Gasteiger partial charge in [0.05, 0.1) is 6.04 Å². The van der Waals surface area contributed by atoms with Crippen LogP contribution in [0.25, 0.3) is 0 Å². The number of carbonyl (C=O) groups is 1. The van der Waals surface area contributed by atoms with Crippen LogP contribution in [0.1, 0.15) is 41.1 Å². The van der Waals surface area contributed by atoms with Crippen LogP contribution in [0.15, 0.2) is 42.5 Å². The Balaban J connectivity index is 1.72. The second-order valence-electron chi connectivity index (χ2n) is 6.06. The molecule has 0 saturated heterocycles. The van der Waals surface area contributed by atoms with Gasteiger partial charge in [0.1, 0.15) is 0 Å². The van der Waals surface area contributed by atoms with Crippen LogP contribution in [0, 0.1) is 13.8 Å². The van der Waals surface area contributed by atoms with E-state index in [1.54, 1.807) is 0 Å². The first-order chi connectivity index (χ1) is 10.6. The fourth-order valence-corrected chi connectivity index (χ4v) is 3.09. The molecule has 0 spiro atoms. The molecule has 0 saturated carbocycles. The third kappa shape index (κ3) is 3.14. The Morgan fingerprint density at radius 1 is 1.14 bits per heavy atom. The lowest BCUT2D eigenvalue weighted by Crippen LogP contribution is -2.34. The highest BCUT2D eigenvalue weighted by Crippen LogP contribution is 2.29.